The predicted octanol–water partition coefficient (Wildman–Crippen LogP) is 1.05. The van der Waals surface area contributed by atoms with Crippen molar-refractivity contribution >= 4 is 28.8 Å². The number of hydrogen-bond acceptors (Lipinski definition) is 3. The zero-order chi connectivity index (χ0) is 9.68. The molecule has 72 valence electrons. The summed E-state index contributed by atoms with van der Waals surface area (Å²) in [7, 11) is 0. The number of nitrogens with one attached hydrogen (secondary N) is 1. The molecule has 0 unspecified atom stereocenters. The van der Waals surface area contributed by atoms with Crippen molar-refractivity contribution in [2.75, 3.05) is 13.2 Å². The van der Waals surface area contributed by atoms with Gasteiger partial charge in [-0.1, -0.05) is 11.6 Å². The maximum absolute atomic E-state index is 10.6. The molecule has 0 saturated carbocycles. The van der Waals surface area contributed by atoms with E-state index in [2.05, 4.69) is 5.32 Å². The van der Waals surface area contributed by atoms with E-state index >= 15 is 0 Å². The Balaban J connectivity index is 2.24. The van der Waals surface area contributed by atoms with Crippen LogP contribution in [-0.4, -0.2) is 24.2 Å². The highest BCUT2D eigenvalue weighted by atomic mass is 35.5. The molecule has 0 bridgehead atoms. The van der Waals surface area contributed by atoms with Crippen LogP contribution < -0.4 is 5.32 Å². The van der Waals surface area contributed by atoms with Crippen LogP contribution >= 0.6 is 22.9 Å². The van der Waals surface area contributed by atoms with E-state index in [0.29, 0.717) is 6.54 Å². The summed E-state index contributed by atoms with van der Waals surface area (Å²) in [5, 5.41) is 11.0. The SMILES string of the molecule is O=C(CO)NCCc1ccc(Cl)s1. The van der Waals surface area contributed by atoms with E-state index in [1.165, 1.54) is 11.3 Å². The Morgan fingerprint density at radius 3 is 2.92 bits per heavy atom. The lowest BCUT2D eigenvalue weighted by Crippen LogP contribution is -2.27. The van der Waals surface area contributed by atoms with Crippen LogP contribution in [0.25, 0.3) is 0 Å². The monoisotopic (exact) mass is 219 g/mol. The van der Waals surface area contributed by atoms with E-state index in [9.17, 15) is 4.79 Å². The maximum atomic E-state index is 10.6. The second-order valence-electron chi connectivity index (χ2n) is 2.46. The average Bonchev–Trinajstić information content (AvgIpc) is 2.51. The number of carbonyl (C=O) groups excluding carboxylic acids is 1. The molecule has 2 N–H and O–H groups in total. The Hall–Kier alpha value is -0.580. The fourth-order valence-electron chi connectivity index (χ4n) is 0.867. The molecular formula is C8H10ClNO2S. The van der Waals surface area contributed by atoms with Gasteiger partial charge in [-0.3, -0.25) is 4.79 Å². The average molecular weight is 220 g/mol. The number of rotatable bonds is 4. The van der Waals surface area contributed by atoms with E-state index in [0.717, 1.165) is 15.6 Å². The van der Waals surface area contributed by atoms with Crippen molar-refractivity contribution in [2.24, 2.45) is 0 Å². The molecule has 1 aromatic heterocycles. The largest absolute Gasteiger partial charge is 0.387 e. The number of thiophene rings is 1. The van der Waals surface area contributed by atoms with Crippen LogP contribution in [0.15, 0.2) is 12.1 Å². The van der Waals surface area contributed by atoms with Crippen molar-refractivity contribution in [3.63, 3.8) is 0 Å². The normalized spacial score (nSPS) is 10.0. The smallest absolute Gasteiger partial charge is 0.245 e. The molecule has 0 radical (unpaired) electrons. The second-order valence-corrected chi connectivity index (χ2v) is 4.26. The highest BCUT2D eigenvalue weighted by molar-refractivity contribution is 7.16. The summed E-state index contributed by atoms with van der Waals surface area (Å²) < 4.78 is 0.753. The van der Waals surface area contributed by atoms with E-state index in [-0.39, 0.29) is 5.91 Å². The van der Waals surface area contributed by atoms with Crippen molar-refractivity contribution in [3.8, 4) is 0 Å². The third-order valence-corrected chi connectivity index (χ3v) is 2.76. The Morgan fingerprint density at radius 1 is 1.62 bits per heavy atom. The summed E-state index contributed by atoms with van der Waals surface area (Å²) >= 11 is 7.22. The van der Waals surface area contributed by atoms with Crippen LogP contribution in [0.1, 0.15) is 4.88 Å². The number of aliphatic hydroxyl groups excluding tert-OH is 1. The van der Waals surface area contributed by atoms with Gasteiger partial charge in [0, 0.05) is 11.4 Å². The molecular weight excluding hydrogens is 210 g/mol. The van der Waals surface area contributed by atoms with E-state index in [1.807, 2.05) is 12.1 Å². The van der Waals surface area contributed by atoms with Crippen molar-refractivity contribution in [1.29, 1.82) is 0 Å². The van der Waals surface area contributed by atoms with Gasteiger partial charge in [-0.15, -0.1) is 11.3 Å². The summed E-state index contributed by atoms with van der Waals surface area (Å²) in [5.41, 5.74) is 0. The van der Waals surface area contributed by atoms with Crippen molar-refractivity contribution in [2.45, 2.75) is 6.42 Å². The lowest BCUT2D eigenvalue weighted by Gasteiger charge is -2.00. The fraction of sp³-hybridized carbons (Fsp3) is 0.375. The number of aliphatic hydroxyl groups is 1. The van der Waals surface area contributed by atoms with E-state index in [1.54, 1.807) is 0 Å². The van der Waals surface area contributed by atoms with Gasteiger partial charge in [0.2, 0.25) is 5.91 Å². The highest BCUT2D eigenvalue weighted by Gasteiger charge is 1.99. The molecule has 0 aliphatic carbocycles. The molecule has 0 saturated heterocycles. The Bertz CT molecular complexity index is 287. The molecule has 0 aliphatic heterocycles. The van der Waals surface area contributed by atoms with Gasteiger partial charge in [-0.2, -0.15) is 0 Å². The van der Waals surface area contributed by atoms with Crippen LogP contribution in [0.2, 0.25) is 4.34 Å². The minimum Gasteiger partial charge on any atom is -0.387 e. The molecule has 1 heterocycles. The van der Waals surface area contributed by atoms with Crippen molar-refractivity contribution < 1.29 is 9.90 Å². The van der Waals surface area contributed by atoms with Gasteiger partial charge in [-0.25, -0.2) is 0 Å². The molecule has 3 nitrogen and oxygen atoms in total. The third-order valence-electron chi connectivity index (χ3n) is 1.47. The molecule has 0 aliphatic rings. The third kappa shape index (κ3) is 3.76. The maximum Gasteiger partial charge on any atom is 0.245 e. The summed E-state index contributed by atoms with van der Waals surface area (Å²) in [5.74, 6) is -0.345. The minimum atomic E-state index is -0.453. The number of amides is 1. The first-order valence-corrected chi connectivity index (χ1v) is 5.03. The molecule has 5 heteroatoms. The molecule has 0 atom stereocenters. The molecule has 0 fully saturated rings. The Morgan fingerprint density at radius 2 is 2.38 bits per heavy atom. The lowest BCUT2D eigenvalue weighted by molar-refractivity contribution is -0.123. The fourth-order valence-corrected chi connectivity index (χ4v) is 1.95. The first-order chi connectivity index (χ1) is 6.22. The molecule has 0 aromatic carbocycles. The topological polar surface area (TPSA) is 49.3 Å². The first kappa shape index (κ1) is 10.5. The number of hydrogen-bond donors (Lipinski definition) is 2. The number of halogens is 1. The molecule has 1 amide bonds. The molecule has 1 rings (SSSR count). The van der Waals surface area contributed by atoms with Gasteiger partial charge in [-0.05, 0) is 18.6 Å². The lowest BCUT2D eigenvalue weighted by atomic mass is 10.3. The highest BCUT2D eigenvalue weighted by Crippen LogP contribution is 2.21. The van der Waals surface area contributed by atoms with Crippen LogP contribution in [0.4, 0.5) is 0 Å². The summed E-state index contributed by atoms with van der Waals surface area (Å²) in [6.07, 6.45) is 0.753. The zero-order valence-electron chi connectivity index (χ0n) is 6.92. The van der Waals surface area contributed by atoms with E-state index in [4.69, 9.17) is 16.7 Å². The van der Waals surface area contributed by atoms with Gasteiger partial charge >= 0.3 is 0 Å². The summed E-state index contributed by atoms with van der Waals surface area (Å²) in [4.78, 5) is 11.8. The standard InChI is InChI=1S/C8H10ClNO2S/c9-7-2-1-6(13-7)3-4-10-8(12)5-11/h1-2,11H,3-5H2,(H,10,12). The van der Waals surface area contributed by atoms with Gasteiger partial charge in [0.25, 0.3) is 0 Å². The molecule has 1 aromatic rings. The van der Waals surface area contributed by atoms with Crippen LogP contribution in [0.5, 0.6) is 0 Å². The number of carbonyl (C=O) groups is 1. The summed E-state index contributed by atoms with van der Waals surface area (Å²) in [6, 6.07) is 3.76. The van der Waals surface area contributed by atoms with Gasteiger partial charge in [0.1, 0.15) is 6.61 Å². The van der Waals surface area contributed by atoms with Crippen LogP contribution in [0, 0.1) is 0 Å². The van der Waals surface area contributed by atoms with Crippen LogP contribution in [0.3, 0.4) is 0 Å². The van der Waals surface area contributed by atoms with Gasteiger partial charge in [0.05, 0.1) is 4.34 Å². The minimum absolute atomic E-state index is 0.345. The Kier molecular flexibility index (Phi) is 4.21. The van der Waals surface area contributed by atoms with Crippen LogP contribution in [-0.2, 0) is 11.2 Å². The quantitative estimate of drug-likeness (QED) is 0.796. The summed E-state index contributed by atoms with van der Waals surface area (Å²) in [6.45, 7) is 0.0848. The van der Waals surface area contributed by atoms with Crippen molar-refractivity contribution in [1.82, 2.24) is 5.32 Å². The molecule has 13 heavy (non-hydrogen) atoms. The molecule has 0 spiro atoms. The Labute approximate surface area is 85.3 Å². The second kappa shape index (κ2) is 5.21. The van der Waals surface area contributed by atoms with Gasteiger partial charge < -0.3 is 10.4 Å². The predicted molar refractivity (Wildman–Crippen MR) is 53.1 cm³/mol. The van der Waals surface area contributed by atoms with Crippen molar-refractivity contribution in [3.05, 3.63) is 21.3 Å². The first-order valence-electron chi connectivity index (χ1n) is 3.84. The van der Waals surface area contributed by atoms with Gasteiger partial charge in [0.15, 0.2) is 0 Å². The zero-order valence-corrected chi connectivity index (χ0v) is 8.49. The van der Waals surface area contributed by atoms with E-state index < -0.39 is 6.61 Å².